The molecule has 11 nitrogen and oxygen atoms in total. The molecule has 0 spiro atoms. The molecular formula is C29H34N6O5. The molecule has 1 aliphatic heterocycles. The second-order valence-corrected chi connectivity index (χ2v) is 9.44. The van der Waals surface area contributed by atoms with Crippen molar-refractivity contribution in [3.05, 3.63) is 89.7 Å². The zero-order valence-corrected chi connectivity index (χ0v) is 22.3. The van der Waals surface area contributed by atoms with E-state index in [1.165, 1.54) is 13.3 Å². The van der Waals surface area contributed by atoms with Crippen molar-refractivity contribution in [3.63, 3.8) is 0 Å². The molecule has 11 heteroatoms. The van der Waals surface area contributed by atoms with E-state index in [-0.39, 0.29) is 29.7 Å². The molecule has 1 aromatic heterocycles. The number of para-hydroxylation sites is 1. The zero-order valence-electron chi connectivity index (χ0n) is 22.3. The van der Waals surface area contributed by atoms with Crippen LogP contribution >= 0.6 is 0 Å². The van der Waals surface area contributed by atoms with E-state index in [2.05, 4.69) is 31.5 Å². The molecule has 3 amide bonds. The molecule has 0 bridgehead atoms. The van der Waals surface area contributed by atoms with Gasteiger partial charge < -0.3 is 30.7 Å². The van der Waals surface area contributed by atoms with Gasteiger partial charge in [-0.25, -0.2) is 4.79 Å². The lowest BCUT2D eigenvalue weighted by Gasteiger charge is -2.30. The average molecular weight is 547 g/mol. The Morgan fingerprint density at radius 3 is 2.60 bits per heavy atom. The smallest absolute Gasteiger partial charge is 0.407 e. The van der Waals surface area contributed by atoms with E-state index in [0.717, 1.165) is 17.5 Å². The van der Waals surface area contributed by atoms with Crippen molar-refractivity contribution in [2.45, 2.75) is 37.5 Å². The Bertz CT molecular complexity index is 1250. The van der Waals surface area contributed by atoms with Crippen LogP contribution in [-0.2, 0) is 27.1 Å². The third-order valence-electron chi connectivity index (χ3n) is 6.57. The van der Waals surface area contributed by atoms with E-state index < -0.39 is 12.1 Å². The van der Waals surface area contributed by atoms with E-state index in [1.807, 2.05) is 54.6 Å². The number of aromatic nitrogens is 2. The van der Waals surface area contributed by atoms with Gasteiger partial charge in [0.25, 0.3) is 5.91 Å². The molecule has 0 aliphatic carbocycles. The number of methoxy groups -OCH3 is 1. The van der Waals surface area contributed by atoms with Crippen LogP contribution in [0.3, 0.4) is 0 Å². The Kier molecular flexibility index (Phi) is 10.5. The number of carbonyl (C=O) groups excluding carboxylic acids is 3. The van der Waals surface area contributed by atoms with Crippen LogP contribution in [0.15, 0.2) is 72.9 Å². The van der Waals surface area contributed by atoms with Gasteiger partial charge in [-0.3, -0.25) is 9.59 Å². The number of aryl methyl sites for hydroxylation is 1. The number of alkyl carbamates (subject to hydrolysis) is 1. The van der Waals surface area contributed by atoms with E-state index in [1.54, 1.807) is 12.1 Å². The fourth-order valence-corrected chi connectivity index (χ4v) is 4.37. The number of benzene rings is 2. The van der Waals surface area contributed by atoms with Crippen LogP contribution in [0.25, 0.3) is 0 Å². The van der Waals surface area contributed by atoms with Crippen molar-refractivity contribution in [2.24, 2.45) is 0 Å². The second kappa shape index (κ2) is 14.7. The van der Waals surface area contributed by atoms with Crippen LogP contribution in [0.2, 0.25) is 0 Å². The molecule has 2 aromatic carbocycles. The first-order valence-corrected chi connectivity index (χ1v) is 13.2. The van der Waals surface area contributed by atoms with Crippen LogP contribution in [0.1, 0.15) is 28.0 Å². The summed E-state index contributed by atoms with van der Waals surface area (Å²) >= 11 is 0. The van der Waals surface area contributed by atoms with E-state index in [4.69, 9.17) is 9.47 Å². The summed E-state index contributed by atoms with van der Waals surface area (Å²) < 4.78 is 10.8. The molecule has 3 unspecified atom stereocenters. The molecule has 210 valence electrons. The van der Waals surface area contributed by atoms with Crippen LogP contribution < -0.4 is 21.3 Å². The minimum atomic E-state index is -0.805. The molecule has 0 radical (unpaired) electrons. The normalized spacial score (nSPS) is 17.3. The van der Waals surface area contributed by atoms with E-state index >= 15 is 0 Å². The Hall–Kier alpha value is -4.35. The second-order valence-electron chi connectivity index (χ2n) is 9.44. The standard InChI is InChI=1S/C29H34N6O5/c1-39-29(38)34-26(16-20-8-3-2-4-9-20)28(37)33-24-11-6-5-10-21(24)13-14-23-18-30-22(19-40-23)17-31-27(36)25-12-7-15-32-35-25/h2-12,15,22-23,26,30H,13-14,16-19H2,1H3,(H,31,36)(H,33,37)(H,34,38). The van der Waals surface area contributed by atoms with Gasteiger partial charge >= 0.3 is 6.09 Å². The number of hydrogen-bond acceptors (Lipinski definition) is 8. The number of ether oxygens (including phenoxy) is 2. The highest BCUT2D eigenvalue weighted by atomic mass is 16.5. The number of hydrogen-bond donors (Lipinski definition) is 4. The lowest BCUT2D eigenvalue weighted by molar-refractivity contribution is -0.118. The van der Waals surface area contributed by atoms with Gasteiger partial charge in [0, 0.05) is 37.4 Å². The Balaban J connectivity index is 1.27. The lowest BCUT2D eigenvalue weighted by Crippen LogP contribution is -2.51. The van der Waals surface area contributed by atoms with Crippen LogP contribution in [0.4, 0.5) is 10.5 Å². The van der Waals surface area contributed by atoms with Crippen LogP contribution in [-0.4, -0.2) is 73.1 Å². The maximum Gasteiger partial charge on any atom is 0.407 e. The Labute approximate surface area is 233 Å². The highest BCUT2D eigenvalue weighted by Gasteiger charge is 2.24. The molecule has 4 rings (SSSR count). The van der Waals surface area contributed by atoms with Crippen molar-refractivity contribution in [3.8, 4) is 0 Å². The number of rotatable bonds is 11. The zero-order chi connectivity index (χ0) is 28.2. The third kappa shape index (κ3) is 8.58. The molecular weight excluding hydrogens is 512 g/mol. The quantitative estimate of drug-likeness (QED) is 0.286. The molecule has 40 heavy (non-hydrogen) atoms. The van der Waals surface area contributed by atoms with E-state index in [0.29, 0.717) is 38.2 Å². The summed E-state index contributed by atoms with van der Waals surface area (Å²) in [4.78, 5) is 37.3. The first kappa shape index (κ1) is 28.7. The predicted octanol–water partition coefficient (Wildman–Crippen LogP) is 2.10. The first-order valence-electron chi connectivity index (χ1n) is 13.2. The van der Waals surface area contributed by atoms with Gasteiger partial charge in [0.05, 0.1) is 19.8 Å². The molecule has 3 atom stereocenters. The number of nitrogens with one attached hydrogen (secondary N) is 4. The molecule has 1 aliphatic rings. The maximum absolute atomic E-state index is 13.2. The molecule has 1 saturated heterocycles. The fraction of sp³-hybridized carbons (Fsp3) is 0.345. The Morgan fingerprint density at radius 2 is 1.88 bits per heavy atom. The van der Waals surface area contributed by atoms with Gasteiger partial charge in [0.1, 0.15) is 6.04 Å². The summed E-state index contributed by atoms with van der Waals surface area (Å²) in [7, 11) is 1.27. The monoisotopic (exact) mass is 546 g/mol. The topological polar surface area (TPSA) is 144 Å². The minimum absolute atomic E-state index is 0.00713. The lowest BCUT2D eigenvalue weighted by atomic mass is 10.0. The van der Waals surface area contributed by atoms with Crippen molar-refractivity contribution >= 4 is 23.6 Å². The maximum atomic E-state index is 13.2. The summed E-state index contributed by atoms with van der Waals surface area (Å²) in [5.74, 6) is -0.605. The van der Waals surface area contributed by atoms with Gasteiger partial charge in [-0.1, -0.05) is 48.5 Å². The average Bonchev–Trinajstić information content (AvgIpc) is 3.00. The number of nitrogens with zero attached hydrogens (tertiary/aromatic N) is 2. The number of anilines is 1. The Morgan fingerprint density at radius 1 is 1.07 bits per heavy atom. The van der Waals surface area contributed by atoms with Crippen molar-refractivity contribution in [2.75, 3.05) is 32.1 Å². The van der Waals surface area contributed by atoms with Crippen molar-refractivity contribution < 1.29 is 23.9 Å². The minimum Gasteiger partial charge on any atom is -0.453 e. The van der Waals surface area contributed by atoms with Gasteiger partial charge in [0.2, 0.25) is 5.91 Å². The molecule has 1 fully saturated rings. The summed E-state index contributed by atoms with van der Waals surface area (Å²) in [5, 5.41) is 19.4. The molecule has 3 aromatic rings. The third-order valence-corrected chi connectivity index (χ3v) is 6.57. The van der Waals surface area contributed by atoms with Crippen molar-refractivity contribution in [1.82, 2.24) is 26.1 Å². The molecule has 0 saturated carbocycles. The summed E-state index contributed by atoms with van der Waals surface area (Å²) in [6.07, 6.45) is 2.59. The number of morpholine rings is 1. The van der Waals surface area contributed by atoms with Crippen LogP contribution in [0.5, 0.6) is 0 Å². The molecule has 4 N–H and O–H groups in total. The van der Waals surface area contributed by atoms with Gasteiger partial charge in [-0.05, 0) is 42.2 Å². The number of amides is 3. The van der Waals surface area contributed by atoms with Gasteiger partial charge in [-0.2, -0.15) is 5.10 Å². The summed E-state index contributed by atoms with van der Waals surface area (Å²) in [6.45, 7) is 1.52. The summed E-state index contributed by atoms with van der Waals surface area (Å²) in [6, 6.07) is 19.5. The summed E-state index contributed by atoms with van der Waals surface area (Å²) in [5.41, 5.74) is 2.84. The largest absolute Gasteiger partial charge is 0.453 e. The number of carbonyl (C=O) groups is 3. The highest BCUT2D eigenvalue weighted by molar-refractivity contribution is 5.97. The van der Waals surface area contributed by atoms with E-state index in [9.17, 15) is 14.4 Å². The highest BCUT2D eigenvalue weighted by Crippen LogP contribution is 2.20. The first-order chi connectivity index (χ1) is 19.5. The predicted molar refractivity (Wildman–Crippen MR) is 149 cm³/mol. The SMILES string of the molecule is COC(=O)NC(Cc1ccccc1)C(=O)Nc1ccccc1CCC1CNC(CNC(=O)c2cccnn2)CO1. The molecule has 2 heterocycles. The van der Waals surface area contributed by atoms with Crippen molar-refractivity contribution in [1.29, 1.82) is 0 Å². The van der Waals surface area contributed by atoms with Crippen LogP contribution in [0, 0.1) is 0 Å². The fourth-order valence-electron chi connectivity index (χ4n) is 4.37. The van der Waals surface area contributed by atoms with Gasteiger partial charge in [-0.15, -0.1) is 5.10 Å². The van der Waals surface area contributed by atoms with Gasteiger partial charge in [0.15, 0.2) is 5.69 Å².